The second kappa shape index (κ2) is 2.81. The van der Waals surface area contributed by atoms with Gasteiger partial charge in [0.2, 0.25) is 5.95 Å². The van der Waals surface area contributed by atoms with Gasteiger partial charge in [-0.15, -0.1) is 0 Å². The van der Waals surface area contributed by atoms with Crippen LogP contribution in [0.2, 0.25) is 0 Å². The molecule has 0 aliphatic carbocycles. The van der Waals surface area contributed by atoms with Crippen molar-refractivity contribution in [3.63, 3.8) is 0 Å². The van der Waals surface area contributed by atoms with Crippen LogP contribution in [0.3, 0.4) is 0 Å². The summed E-state index contributed by atoms with van der Waals surface area (Å²) >= 11 is 0. The van der Waals surface area contributed by atoms with Crippen LogP contribution in [-0.4, -0.2) is 24.6 Å². The molecule has 2 aromatic rings. The number of aromatic nitrogens is 4. The van der Waals surface area contributed by atoms with Crippen LogP contribution < -0.4 is 11.3 Å². The quantitative estimate of drug-likeness (QED) is 0.552. The number of aromatic amines is 1. The fraction of sp³-hybridized carbons (Fsp3) is 0.286. The van der Waals surface area contributed by atoms with Crippen molar-refractivity contribution < 1.29 is 5.11 Å². The smallest absolute Gasteiger partial charge is 0.285 e. The summed E-state index contributed by atoms with van der Waals surface area (Å²) in [4.78, 5) is 22.0. The first-order valence-corrected chi connectivity index (χ1v) is 4.00. The number of aliphatic hydroxyl groups excluding tert-OH is 1. The lowest BCUT2D eigenvalue weighted by Gasteiger charge is -2.10. The van der Waals surface area contributed by atoms with Crippen molar-refractivity contribution >= 4 is 17.1 Å². The highest BCUT2D eigenvalue weighted by Crippen LogP contribution is 2.07. The number of nitrogens with zero attached hydrogens (tertiary/aromatic N) is 3. The summed E-state index contributed by atoms with van der Waals surface area (Å²) in [5, 5.41) is 9.29. The molecule has 0 spiro atoms. The minimum atomic E-state index is -1.02. The van der Waals surface area contributed by atoms with E-state index < -0.39 is 11.8 Å². The number of anilines is 1. The monoisotopic (exact) mass is 195 g/mol. The first kappa shape index (κ1) is 8.70. The summed E-state index contributed by atoms with van der Waals surface area (Å²) in [7, 11) is 0. The van der Waals surface area contributed by atoms with E-state index in [9.17, 15) is 9.90 Å². The van der Waals surface area contributed by atoms with E-state index in [2.05, 4.69) is 15.0 Å². The predicted octanol–water partition coefficient (Wildman–Crippen LogP) is -0.787. The molecule has 0 aromatic carbocycles. The van der Waals surface area contributed by atoms with Gasteiger partial charge in [-0.2, -0.15) is 4.98 Å². The maximum absolute atomic E-state index is 11.7. The van der Waals surface area contributed by atoms with Gasteiger partial charge in [-0.1, -0.05) is 0 Å². The third-order valence-corrected chi connectivity index (χ3v) is 1.89. The summed E-state index contributed by atoms with van der Waals surface area (Å²) in [5.74, 6) is -0.0400. The van der Waals surface area contributed by atoms with Crippen molar-refractivity contribution in [2.75, 3.05) is 5.73 Å². The van der Waals surface area contributed by atoms with Gasteiger partial charge in [0, 0.05) is 0 Å². The second-order valence-corrected chi connectivity index (χ2v) is 2.88. The van der Waals surface area contributed by atoms with Crippen LogP contribution in [-0.2, 0) is 0 Å². The molecule has 2 aromatic heterocycles. The molecule has 7 heteroatoms. The standard InChI is InChI=1S/C7H9N5O2/c1-3(13)12-6(14)4-5(10-2-9-4)11-7(12)8/h2-3,13H,1H3,(H2,8,11)(H,9,10). The Bertz CT molecular complexity index is 526. The summed E-state index contributed by atoms with van der Waals surface area (Å²) in [6, 6.07) is 0. The van der Waals surface area contributed by atoms with Crippen LogP contribution in [0.25, 0.3) is 11.2 Å². The Hall–Kier alpha value is -1.89. The molecule has 0 bridgehead atoms. The molecule has 2 rings (SSSR count). The average molecular weight is 195 g/mol. The molecule has 0 fully saturated rings. The fourth-order valence-corrected chi connectivity index (χ4v) is 1.28. The van der Waals surface area contributed by atoms with Gasteiger partial charge in [0.25, 0.3) is 5.56 Å². The van der Waals surface area contributed by atoms with Gasteiger partial charge < -0.3 is 15.8 Å². The topological polar surface area (TPSA) is 110 Å². The third kappa shape index (κ3) is 1.06. The number of nitrogen functional groups attached to an aromatic ring is 1. The average Bonchev–Trinajstić information content (AvgIpc) is 2.50. The number of H-pyrrole nitrogens is 1. The van der Waals surface area contributed by atoms with Crippen LogP contribution in [0, 0.1) is 0 Å². The second-order valence-electron chi connectivity index (χ2n) is 2.88. The third-order valence-electron chi connectivity index (χ3n) is 1.89. The van der Waals surface area contributed by atoms with Crippen molar-refractivity contribution in [3.8, 4) is 0 Å². The SMILES string of the molecule is CC(O)n1c(N)nc2[nH]cnc2c1=O. The van der Waals surface area contributed by atoms with E-state index in [1.807, 2.05) is 0 Å². The molecule has 7 nitrogen and oxygen atoms in total. The minimum Gasteiger partial charge on any atom is -0.373 e. The van der Waals surface area contributed by atoms with Crippen molar-refractivity contribution in [1.82, 2.24) is 19.5 Å². The Labute approximate surface area is 78.2 Å². The zero-order valence-corrected chi connectivity index (χ0v) is 7.43. The number of fused-ring (bicyclic) bond motifs is 1. The molecule has 0 radical (unpaired) electrons. The lowest BCUT2D eigenvalue weighted by Crippen LogP contribution is -2.27. The van der Waals surface area contributed by atoms with Gasteiger partial charge in [0.05, 0.1) is 6.33 Å². The highest BCUT2D eigenvalue weighted by atomic mass is 16.3. The first-order chi connectivity index (χ1) is 6.61. The molecule has 0 aliphatic heterocycles. The van der Waals surface area contributed by atoms with E-state index in [1.165, 1.54) is 13.3 Å². The Kier molecular flexibility index (Phi) is 1.74. The van der Waals surface area contributed by atoms with Gasteiger partial charge in [-0.05, 0) is 6.92 Å². The Morgan fingerprint density at radius 3 is 3.07 bits per heavy atom. The van der Waals surface area contributed by atoms with Gasteiger partial charge in [-0.3, -0.25) is 9.36 Å². The van der Waals surface area contributed by atoms with Crippen LogP contribution in [0.5, 0.6) is 0 Å². The van der Waals surface area contributed by atoms with Gasteiger partial charge in [0.1, 0.15) is 6.23 Å². The van der Waals surface area contributed by atoms with Crippen molar-refractivity contribution in [1.29, 1.82) is 0 Å². The number of hydrogen-bond donors (Lipinski definition) is 3. The number of nitrogens with one attached hydrogen (secondary N) is 1. The number of imidazole rings is 1. The molecule has 1 unspecified atom stereocenters. The summed E-state index contributed by atoms with van der Waals surface area (Å²) in [5.41, 5.74) is 5.53. The van der Waals surface area contributed by atoms with Crippen LogP contribution >= 0.6 is 0 Å². The lowest BCUT2D eigenvalue weighted by atomic mass is 10.5. The van der Waals surface area contributed by atoms with Crippen LogP contribution in [0.1, 0.15) is 13.2 Å². The Morgan fingerprint density at radius 2 is 2.43 bits per heavy atom. The van der Waals surface area contributed by atoms with Crippen molar-refractivity contribution in [2.24, 2.45) is 0 Å². The van der Waals surface area contributed by atoms with Gasteiger partial charge >= 0.3 is 0 Å². The Balaban J connectivity index is 2.90. The number of aliphatic hydroxyl groups is 1. The van der Waals surface area contributed by atoms with Gasteiger partial charge in [0.15, 0.2) is 11.2 Å². The van der Waals surface area contributed by atoms with E-state index in [-0.39, 0.29) is 11.5 Å². The van der Waals surface area contributed by atoms with E-state index in [0.29, 0.717) is 5.65 Å². The molecular formula is C7H9N5O2. The Morgan fingerprint density at radius 1 is 1.71 bits per heavy atom. The maximum atomic E-state index is 11.7. The highest BCUT2D eigenvalue weighted by molar-refractivity contribution is 5.69. The molecule has 4 N–H and O–H groups in total. The van der Waals surface area contributed by atoms with Crippen molar-refractivity contribution in [3.05, 3.63) is 16.7 Å². The number of nitrogens with two attached hydrogens (primary N) is 1. The predicted molar refractivity (Wildman–Crippen MR) is 49.5 cm³/mol. The first-order valence-electron chi connectivity index (χ1n) is 4.00. The molecular weight excluding hydrogens is 186 g/mol. The molecule has 0 saturated carbocycles. The molecule has 74 valence electrons. The normalized spacial score (nSPS) is 13.3. The summed E-state index contributed by atoms with van der Waals surface area (Å²) in [6.07, 6.45) is 0.335. The van der Waals surface area contributed by atoms with Crippen LogP contribution in [0.4, 0.5) is 5.95 Å². The summed E-state index contributed by atoms with van der Waals surface area (Å²) in [6.45, 7) is 1.43. The largest absolute Gasteiger partial charge is 0.373 e. The van der Waals surface area contributed by atoms with E-state index in [0.717, 1.165) is 4.57 Å². The van der Waals surface area contributed by atoms with Gasteiger partial charge in [-0.25, -0.2) is 4.98 Å². The molecule has 14 heavy (non-hydrogen) atoms. The van der Waals surface area contributed by atoms with Crippen LogP contribution in [0.15, 0.2) is 11.1 Å². The number of hydrogen-bond acceptors (Lipinski definition) is 5. The van der Waals surface area contributed by atoms with E-state index in [1.54, 1.807) is 0 Å². The molecule has 2 heterocycles. The lowest BCUT2D eigenvalue weighted by molar-refractivity contribution is 0.122. The molecule has 1 atom stereocenters. The maximum Gasteiger partial charge on any atom is 0.285 e. The fourth-order valence-electron chi connectivity index (χ4n) is 1.28. The molecule has 0 aliphatic rings. The highest BCUT2D eigenvalue weighted by Gasteiger charge is 2.13. The minimum absolute atomic E-state index is 0.0400. The molecule has 0 amide bonds. The van der Waals surface area contributed by atoms with Crippen molar-refractivity contribution in [2.45, 2.75) is 13.2 Å². The molecule has 0 saturated heterocycles. The van der Waals surface area contributed by atoms with E-state index >= 15 is 0 Å². The number of rotatable bonds is 1. The summed E-state index contributed by atoms with van der Waals surface area (Å²) < 4.78 is 0.975. The van der Waals surface area contributed by atoms with E-state index in [4.69, 9.17) is 5.73 Å². The zero-order valence-electron chi connectivity index (χ0n) is 7.43. The zero-order chi connectivity index (χ0) is 10.3.